The number of anilines is 2. The molecule has 0 saturated carbocycles. The molecule has 0 aliphatic heterocycles. The number of carboxylic acid groups (broad SMARTS) is 1. The van der Waals surface area contributed by atoms with Gasteiger partial charge in [0.1, 0.15) is 4.88 Å². The first-order chi connectivity index (χ1) is 14.9. The Morgan fingerprint density at radius 3 is 2.38 bits per heavy atom. The molecule has 0 bridgehead atoms. The molecule has 0 radical (unpaired) electrons. The molecule has 0 aliphatic carbocycles. The van der Waals surface area contributed by atoms with Gasteiger partial charge in [-0.15, -0.1) is 11.3 Å². The highest BCUT2D eigenvalue weighted by Crippen LogP contribution is 2.49. The zero-order valence-electron chi connectivity index (χ0n) is 17.9. The van der Waals surface area contributed by atoms with Crippen molar-refractivity contribution < 1.29 is 27.4 Å². The molecule has 3 aromatic rings. The molecule has 32 heavy (non-hydrogen) atoms. The van der Waals surface area contributed by atoms with Gasteiger partial charge >= 0.3 is 13.5 Å². The summed E-state index contributed by atoms with van der Waals surface area (Å²) in [4.78, 5) is 12.3. The average molecular weight is 495 g/mol. The summed E-state index contributed by atoms with van der Waals surface area (Å²) >= 11 is 0.940. The Labute approximate surface area is 190 Å². The van der Waals surface area contributed by atoms with Gasteiger partial charge in [-0.1, -0.05) is 35.9 Å². The summed E-state index contributed by atoms with van der Waals surface area (Å²) < 4.78 is 44.9. The first-order valence-electron chi connectivity index (χ1n) is 9.40. The molecular formula is C21H23N2O6PS2. The summed E-state index contributed by atoms with van der Waals surface area (Å²) in [5, 5.41) is 13.0. The second-order valence-electron chi connectivity index (χ2n) is 7.21. The van der Waals surface area contributed by atoms with Crippen molar-refractivity contribution in [3.63, 3.8) is 0 Å². The van der Waals surface area contributed by atoms with E-state index >= 15 is 0 Å². The normalized spacial score (nSPS) is 13.4. The topological polar surface area (TPSA) is 122 Å². The van der Waals surface area contributed by atoms with Crippen LogP contribution in [0.2, 0.25) is 0 Å². The minimum Gasteiger partial charge on any atom is -0.477 e. The van der Waals surface area contributed by atoms with Gasteiger partial charge in [0.25, 0.3) is 0 Å². The zero-order valence-corrected chi connectivity index (χ0v) is 20.4. The van der Waals surface area contributed by atoms with E-state index in [4.69, 9.17) is 4.52 Å². The van der Waals surface area contributed by atoms with Crippen LogP contribution in [0.4, 0.5) is 11.4 Å². The van der Waals surface area contributed by atoms with Gasteiger partial charge in [-0.3, -0.25) is 9.29 Å². The third-order valence-electron chi connectivity index (χ3n) is 4.61. The SMILES string of the molecule is COP(=O)(Nc1cc(-c2ccccc2NS(C)(=O)=O)sc1C(=O)O)c1ccc(C)cc1C. The molecule has 0 fully saturated rings. The number of carboxylic acids is 1. The van der Waals surface area contributed by atoms with E-state index < -0.39 is 23.5 Å². The molecule has 1 heterocycles. The highest BCUT2D eigenvalue weighted by molar-refractivity contribution is 7.92. The number of hydrogen-bond acceptors (Lipinski definition) is 6. The largest absolute Gasteiger partial charge is 0.477 e. The van der Waals surface area contributed by atoms with Crippen LogP contribution in [0.5, 0.6) is 0 Å². The molecule has 0 spiro atoms. The summed E-state index contributed by atoms with van der Waals surface area (Å²) in [6, 6.07) is 13.5. The summed E-state index contributed by atoms with van der Waals surface area (Å²) in [6.45, 7) is 3.72. The number of carbonyl (C=O) groups is 1. The fraction of sp³-hybridized carbons (Fsp3) is 0.190. The molecular weight excluding hydrogens is 471 g/mol. The fourth-order valence-electron chi connectivity index (χ4n) is 3.25. The van der Waals surface area contributed by atoms with E-state index in [0.717, 1.165) is 28.7 Å². The predicted molar refractivity (Wildman–Crippen MR) is 129 cm³/mol. The molecule has 3 N–H and O–H groups in total. The monoisotopic (exact) mass is 494 g/mol. The number of aryl methyl sites for hydroxylation is 2. The number of nitrogens with one attached hydrogen (secondary N) is 2. The van der Waals surface area contributed by atoms with Crippen LogP contribution >= 0.6 is 18.9 Å². The van der Waals surface area contributed by atoms with E-state index in [0.29, 0.717) is 21.4 Å². The number of thiophene rings is 1. The molecule has 8 nitrogen and oxygen atoms in total. The van der Waals surface area contributed by atoms with Crippen molar-refractivity contribution in [3.05, 3.63) is 64.5 Å². The van der Waals surface area contributed by atoms with Crippen molar-refractivity contribution in [2.24, 2.45) is 0 Å². The fourth-order valence-corrected chi connectivity index (χ4v) is 6.60. The first-order valence-corrected chi connectivity index (χ1v) is 13.7. The number of hydrogen-bond donors (Lipinski definition) is 3. The third-order valence-corrected chi connectivity index (χ3v) is 8.54. The lowest BCUT2D eigenvalue weighted by Crippen LogP contribution is -2.17. The van der Waals surface area contributed by atoms with E-state index in [1.807, 2.05) is 13.0 Å². The molecule has 1 atom stereocenters. The Hall–Kier alpha value is -2.65. The second-order valence-corrected chi connectivity index (χ2v) is 12.2. The average Bonchev–Trinajstić information content (AvgIpc) is 3.10. The van der Waals surface area contributed by atoms with Gasteiger partial charge in [0.15, 0.2) is 0 Å². The number of rotatable bonds is 8. The van der Waals surface area contributed by atoms with Crippen LogP contribution in [0.3, 0.4) is 0 Å². The van der Waals surface area contributed by atoms with Crippen molar-refractivity contribution in [1.82, 2.24) is 0 Å². The lowest BCUT2D eigenvalue weighted by Gasteiger charge is -2.20. The second kappa shape index (κ2) is 9.07. The highest BCUT2D eigenvalue weighted by Gasteiger charge is 2.30. The lowest BCUT2D eigenvalue weighted by atomic mass is 10.1. The molecule has 0 aliphatic rings. The minimum atomic E-state index is -3.64. The van der Waals surface area contributed by atoms with Crippen LogP contribution < -0.4 is 15.1 Å². The minimum absolute atomic E-state index is 0.0730. The number of para-hydroxylation sites is 1. The first kappa shape index (κ1) is 24.0. The van der Waals surface area contributed by atoms with Crippen molar-refractivity contribution in [1.29, 1.82) is 0 Å². The number of aromatic carboxylic acids is 1. The predicted octanol–water partition coefficient (Wildman–Crippen LogP) is 4.68. The van der Waals surface area contributed by atoms with Crippen LogP contribution in [-0.2, 0) is 19.1 Å². The van der Waals surface area contributed by atoms with Gasteiger partial charge in [-0.2, -0.15) is 0 Å². The van der Waals surface area contributed by atoms with Crippen LogP contribution in [0.15, 0.2) is 48.5 Å². The maximum atomic E-state index is 13.6. The van der Waals surface area contributed by atoms with Crippen LogP contribution in [0.1, 0.15) is 20.8 Å². The molecule has 0 amide bonds. The van der Waals surface area contributed by atoms with Gasteiger partial charge in [0, 0.05) is 17.6 Å². The van der Waals surface area contributed by atoms with E-state index in [1.165, 1.54) is 13.2 Å². The molecule has 1 aromatic heterocycles. The van der Waals surface area contributed by atoms with Gasteiger partial charge in [-0.05, 0) is 37.6 Å². The summed E-state index contributed by atoms with van der Waals surface area (Å²) in [5.41, 5.74) is 2.67. The maximum Gasteiger partial charge on any atom is 0.348 e. The maximum absolute atomic E-state index is 13.6. The van der Waals surface area contributed by atoms with Gasteiger partial charge < -0.3 is 14.7 Å². The number of sulfonamides is 1. The zero-order chi connectivity index (χ0) is 23.7. The Kier molecular flexibility index (Phi) is 6.80. The van der Waals surface area contributed by atoms with Gasteiger partial charge in [0.05, 0.1) is 22.9 Å². The molecule has 3 rings (SSSR count). The Bertz CT molecular complexity index is 1330. The van der Waals surface area contributed by atoms with E-state index in [-0.39, 0.29) is 10.6 Å². The van der Waals surface area contributed by atoms with Crippen LogP contribution in [0, 0.1) is 13.8 Å². The van der Waals surface area contributed by atoms with E-state index in [9.17, 15) is 22.9 Å². The van der Waals surface area contributed by atoms with Gasteiger partial charge in [0.2, 0.25) is 10.0 Å². The van der Waals surface area contributed by atoms with Crippen molar-refractivity contribution in [3.8, 4) is 10.4 Å². The molecule has 2 aromatic carbocycles. The standard InChI is InChI=1S/C21H23N2O6PS2/c1-13-9-10-18(14(2)11-13)30(26,29-3)22-17-12-19(31-20(17)21(24)25)15-7-5-6-8-16(15)23-32(4,27)28/h5-12,23H,1-4H3,(H,22,26)(H,24,25). The summed E-state index contributed by atoms with van der Waals surface area (Å²) in [5.74, 6) is -1.21. The lowest BCUT2D eigenvalue weighted by molar-refractivity contribution is 0.0703. The van der Waals surface area contributed by atoms with Crippen molar-refractivity contribution in [2.75, 3.05) is 23.2 Å². The van der Waals surface area contributed by atoms with Crippen molar-refractivity contribution in [2.45, 2.75) is 13.8 Å². The quantitative estimate of drug-likeness (QED) is 0.389. The number of benzene rings is 2. The molecule has 0 saturated heterocycles. The molecule has 170 valence electrons. The van der Waals surface area contributed by atoms with E-state index in [1.54, 1.807) is 43.3 Å². The smallest absolute Gasteiger partial charge is 0.348 e. The van der Waals surface area contributed by atoms with Crippen molar-refractivity contribution >= 4 is 51.5 Å². The highest BCUT2D eigenvalue weighted by atomic mass is 32.2. The van der Waals surface area contributed by atoms with Crippen LogP contribution in [-0.4, -0.2) is 32.9 Å². The molecule has 11 heteroatoms. The summed E-state index contributed by atoms with van der Waals surface area (Å²) in [6.07, 6.45) is 1.03. The van der Waals surface area contributed by atoms with E-state index in [2.05, 4.69) is 9.81 Å². The Morgan fingerprint density at radius 2 is 1.78 bits per heavy atom. The summed E-state index contributed by atoms with van der Waals surface area (Å²) in [7, 11) is -5.89. The van der Waals surface area contributed by atoms with Gasteiger partial charge in [-0.25, -0.2) is 13.2 Å². The third kappa shape index (κ3) is 5.21. The Balaban J connectivity index is 2.10. The molecule has 1 unspecified atom stereocenters. The van der Waals surface area contributed by atoms with Crippen LogP contribution in [0.25, 0.3) is 10.4 Å². The Morgan fingerprint density at radius 1 is 1.09 bits per heavy atom.